The van der Waals surface area contributed by atoms with Crippen LogP contribution in [-0.4, -0.2) is 11.0 Å². The van der Waals surface area contributed by atoms with Crippen LogP contribution in [0.4, 0.5) is 0 Å². The molecule has 4 N–H and O–H groups in total. The minimum atomic E-state index is -0.236. The van der Waals surface area contributed by atoms with Gasteiger partial charge < -0.3 is 5.73 Å². The second kappa shape index (κ2) is 5.31. The highest BCUT2D eigenvalue weighted by molar-refractivity contribution is 7.80. The summed E-state index contributed by atoms with van der Waals surface area (Å²) < 4.78 is 0. The third-order valence-corrected chi connectivity index (χ3v) is 2.04. The molecule has 1 aromatic rings. The maximum atomic E-state index is 11.6. The fraction of sp³-hybridized carbons (Fsp3) is 0.200. The van der Waals surface area contributed by atoms with E-state index in [0.29, 0.717) is 5.56 Å². The zero-order valence-electron chi connectivity index (χ0n) is 8.41. The zero-order valence-corrected chi connectivity index (χ0v) is 9.23. The monoisotopic (exact) mass is 223 g/mol. The van der Waals surface area contributed by atoms with Gasteiger partial charge in [0.05, 0.1) is 0 Å². The van der Waals surface area contributed by atoms with Crippen LogP contribution in [0.5, 0.6) is 0 Å². The quantitative estimate of drug-likeness (QED) is 0.511. The predicted octanol–water partition coefficient (Wildman–Crippen LogP) is 0.727. The van der Waals surface area contributed by atoms with Gasteiger partial charge in [0, 0.05) is 5.56 Å². The molecule has 0 aliphatic carbocycles. The normalized spacial score (nSPS) is 9.40. The summed E-state index contributed by atoms with van der Waals surface area (Å²) in [5.41, 5.74) is 11.6. The van der Waals surface area contributed by atoms with Crippen molar-refractivity contribution in [1.29, 1.82) is 0 Å². The van der Waals surface area contributed by atoms with Crippen molar-refractivity contribution < 1.29 is 4.79 Å². The fourth-order valence-electron chi connectivity index (χ4n) is 1.24. The Morgan fingerprint density at radius 3 is 2.67 bits per heavy atom. The van der Waals surface area contributed by atoms with Gasteiger partial charge in [-0.05, 0) is 30.3 Å². The number of hydrogen-bond donors (Lipinski definition) is 3. The SMILES string of the molecule is CCc1ccccc1C(=O)NNC(N)=S. The molecule has 0 aromatic heterocycles. The van der Waals surface area contributed by atoms with Crippen LogP contribution in [0.15, 0.2) is 24.3 Å². The van der Waals surface area contributed by atoms with Crippen LogP contribution in [-0.2, 0) is 6.42 Å². The van der Waals surface area contributed by atoms with E-state index in [9.17, 15) is 4.79 Å². The molecule has 0 heterocycles. The lowest BCUT2D eigenvalue weighted by atomic mass is 10.1. The maximum absolute atomic E-state index is 11.6. The average Bonchev–Trinajstić information content (AvgIpc) is 2.25. The number of thiocarbonyl (C=S) groups is 1. The Bertz CT molecular complexity index is 379. The molecule has 80 valence electrons. The topological polar surface area (TPSA) is 67.2 Å². The number of hydrazine groups is 1. The lowest BCUT2D eigenvalue weighted by Gasteiger charge is -2.09. The first-order valence-corrected chi connectivity index (χ1v) is 4.99. The van der Waals surface area contributed by atoms with E-state index < -0.39 is 0 Å². The van der Waals surface area contributed by atoms with Gasteiger partial charge in [-0.1, -0.05) is 25.1 Å². The number of nitrogens with two attached hydrogens (primary N) is 1. The predicted molar refractivity (Wildman–Crippen MR) is 63.2 cm³/mol. The van der Waals surface area contributed by atoms with E-state index in [4.69, 9.17) is 5.73 Å². The molecular formula is C10H13N3OS. The number of rotatable bonds is 2. The summed E-state index contributed by atoms with van der Waals surface area (Å²) in [6.07, 6.45) is 0.802. The number of benzene rings is 1. The van der Waals surface area contributed by atoms with Crippen molar-refractivity contribution >= 4 is 23.2 Å². The van der Waals surface area contributed by atoms with Crippen molar-refractivity contribution in [2.75, 3.05) is 0 Å². The molecule has 0 unspecified atom stereocenters. The minimum absolute atomic E-state index is 0.0392. The second-order valence-corrected chi connectivity index (χ2v) is 3.39. The number of carbonyl (C=O) groups is 1. The Labute approximate surface area is 93.8 Å². The fourth-order valence-corrected chi connectivity index (χ4v) is 1.29. The average molecular weight is 223 g/mol. The van der Waals surface area contributed by atoms with Crippen LogP contribution in [0.1, 0.15) is 22.8 Å². The van der Waals surface area contributed by atoms with Crippen LogP contribution in [0.2, 0.25) is 0 Å². The molecule has 0 spiro atoms. The maximum Gasteiger partial charge on any atom is 0.269 e. The molecule has 4 nitrogen and oxygen atoms in total. The Kier molecular flexibility index (Phi) is 4.05. The van der Waals surface area contributed by atoms with Crippen molar-refractivity contribution in [1.82, 2.24) is 10.9 Å². The zero-order chi connectivity index (χ0) is 11.3. The molecule has 0 bridgehead atoms. The second-order valence-electron chi connectivity index (χ2n) is 2.95. The molecule has 0 radical (unpaired) electrons. The number of hydrogen-bond acceptors (Lipinski definition) is 2. The standard InChI is InChI=1S/C10H13N3OS/c1-2-7-5-3-4-6-8(7)9(14)12-13-10(11)15/h3-6H,2H2,1H3,(H,12,14)(H3,11,13,15). The van der Waals surface area contributed by atoms with Gasteiger partial charge in [0.25, 0.3) is 5.91 Å². The molecule has 15 heavy (non-hydrogen) atoms. The molecule has 5 heteroatoms. The van der Waals surface area contributed by atoms with Crippen molar-refractivity contribution in [3.8, 4) is 0 Å². The molecule has 1 rings (SSSR count). The van der Waals surface area contributed by atoms with E-state index in [1.807, 2.05) is 25.1 Å². The Morgan fingerprint density at radius 2 is 2.07 bits per heavy atom. The summed E-state index contributed by atoms with van der Waals surface area (Å²) in [5.74, 6) is -0.236. The molecule has 1 aromatic carbocycles. The summed E-state index contributed by atoms with van der Waals surface area (Å²) >= 11 is 4.58. The van der Waals surface area contributed by atoms with Crippen LogP contribution >= 0.6 is 12.2 Å². The summed E-state index contributed by atoms with van der Waals surface area (Å²) in [4.78, 5) is 11.6. The van der Waals surface area contributed by atoms with Gasteiger partial charge in [-0.2, -0.15) is 0 Å². The first-order valence-electron chi connectivity index (χ1n) is 4.58. The molecule has 1 amide bonds. The first-order chi connectivity index (χ1) is 7.15. The van der Waals surface area contributed by atoms with Gasteiger partial charge in [0.1, 0.15) is 0 Å². The van der Waals surface area contributed by atoms with Crippen LogP contribution in [0, 0.1) is 0 Å². The number of aryl methyl sites for hydroxylation is 1. The highest BCUT2D eigenvalue weighted by Gasteiger charge is 2.08. The summed E-state index contributed by atoms with van der Waals surface area (Å²) in [5, 5.41) is 0.0392. The van der Waals surface area contributed by atoms with Crippen LogP contribution < -0.4 is 16.6 Å². The van der Waals surface area contributed by atoms with E-state index in [0.717, 1.165) is 12.0 Å². The highest BCUT2D eigenvalue weighted by Crippen LogP contribution is 2.08. The molecule has 0 saturated carbocycles. The third-order valence-electron chi connectivity index (χ3n) is 1.94. The summed E-state index contributed by atoms with van der Waals surface area (Å²) in [7, 11) is 0. The van der Waals surface area contributed by atoms with Gasteiger partial charge in [-0.3, -0.25) is 15.6 Å². The van der Waals surface area contributed by atoms with E-state index >= 15 is 0 Å². The first kappa shape index (κ1) is 11.5. The van der Waals surface area contributed by atoms with E-state index in [2.05, 4.69) is 23.1 Å². The Hall–Kier alpha value is -1.62. The third kappa shape index (κ3) is 3.21. The molecule has 0 saturated heterocycles. The van der Waals surface area contributed by atoms with E-state index in [-0.39, 0.29) is 11.0 Å². The van der Waals surface area contributed by atoms with Crippen molar-refractivity contribution in [3.63, 3.8) is 0 Å². The van der Waals surface area contributed by atoms with Gasteiger partial charge in [0.2, 0.25) is 0 Å². The molecule has 0 atom stereocenters. The van der Waals surface area contributed by atoms with Crippen molar-refractivity contribution in [2.45, 2.75) is 13.3 Å². The minimum Gasteiger partial charge on any atom is -0.375 e. The highest BCUT2D eigenvalue weighted by atomic mass is 32.1. The van der Waals surface area contributed by atoms with Crippen LogP contribution in [0.3, 0.4) is 0 Å². The van der Waals surface area contributed by atoms with Gasteiger partial charge in [-0.25, -0.2) is 0 Å². The molecule has 0 aliphatic rings. The Balaban J connectivity index is 2.77. The number of amides is 1. The van der Waals surface area contributed by atoms with Crippen molar-refractivity contribution in [3.05, 3.63) is 35.4 Å². The molecule has 0 fully saturated rings. The van der Waals surface area contributed by atoms with Crippen LogP contribution in [0.25, 0.3) is 0 Å². The summed E-state index contributed by atoms with van der Waals surface area (Å²) in [6.45, 7) is 1.99. The van der Waals surface area contributed by atoms with Gasteiger partial charge >= 0.3 is 0 Å². The number of nitrogens with one attached hydrogen (secondary N) is 2. The largest absolute Gasteiger partial charge is 0.375 e. The molecule has 0 aliphatic heterocycles. The summed E-state index contributed by atoms with van der Waals surface area (Å²) in [6, 6.07) is 7.39. The van der Waals surface area contributed by atoms with Gasteiger partial charge in [0.15, 0.2) is 5.11 Å². The van der Waals surface area contributed by atoms with E-state index in [1.165, 1.54) is 0 Å². The van der Waals surface area contributed by atoms with E-state index in [1.54, 1.807) is 6.07 Å². The lowest BCUT2D eigenvalue weighted by Crippen LogP contribution is -2.44. The van der Waals surface area contributed by atoms with Crippen molar-refractivity contribution in [2.24, 2.45) is 5.73 Å². The smallest absolute Gasteiger partial charge is 0.269 e. The Morgan fingerprint density at radius 1 is 1.40 bits per heavy atom. The van der Waals surface area contributed by atoms with Gasteiger partial charge in [-0.15, -0.1) is 0 Å². The lowest BCUT2D eigenvalue weighted by molar-refractivity contribution is 0.0943. The molecular weight excluding hydrogens is 210 g/mol. The number of carbonyl (C=O) groups excluding carboxylic acids is 1.